The maximum Gasteiger partial charge on any atom is 0.306 e. The maximum atomic E-state index is 13.4. The lowest BCUT2D eigenvalue weighted by Crippen LogP contribution is -2.11. The van der Waals surface area contributed by atoms with Gasteiger partial charge in [0.25, 0.3) is 0 Å². The van der Waals surface area contributed by atoms with E-state index < -0.39 is 17.8 Å². The third kappa shape index (κ3) is 5.57. The lowest BCUT2D eigenvalue weighted by atomic mass is 10.2. The van der Waals surface area contributed by atoms with Gasteiger partial charge in [0, 0.05) is 5.56 Å². The van der Waals surface area contributed by atoms with Gasteiger partial charge in [0.15, 0.2) is 0 Å². The highest BCUT2D eigenvalue weighted by molar-refractivity contribution is 6.31. The molecule has 0 aliphatic heterocycles. The monoisotopic (exact) mass is 302 g/mol. The number of benzene rings is 1. The Hall–Kier alpha value is -1.62. The maximum absolute atomic E-state index is 13.4. The first kappa shape index (κ1) is 16.4. The molecule has 0 fully saturated rings. The van der Waals surface area contributed by atoms with E-state index in [1.54, 1.807) is 0 Å². The molecular formula is C14H16ClFO4. The van der Waals surface area contributed by atoms with E-state index in [-0.39, 0.29) is 30.0 Å². The third-order valence-electron chi connectivity index (χ3n) is 2.44. The van der Waals surface area contributed by atoms with Crippen molar-refractivity contribution < 1.29 is 23.5 Å². The molecule has 4 nitrogen and oxygen atoms in total. The largest absolute Gasteiger partial charge is 0.466 e. The number of carbonyl (C=O) groups excluding carboxylic acids is 2. The van der Waals surface area contributed by atoms with E-state index >= 15 is 0 Å². The van der Waals surface area contributed by atoms with Crippen LogP contribution in [-0.4, -0.2) is 18.5 Å². The fourth-order valence-corrected chi connectivity index (χ4v) is 1.60. The predicted octanol–water partition coefficient (Wildman–Crippen LogP) is 3.26. The zero-order valence-electron chi connectivity index (χ0n) is 11.2. The Labute approximate surface area is 121 Å². The summed E-state index contributed by atoms with van der Waals surface area (Å²) in [7, 11) is 0. The van der Waals surface area contributed by atoms with Gasteiger partial charge >= 0.3 is 11.9 Å². The summed E-state index contributed by atoms with van der Waals surface area (Å²) in [6, 6.07) is 4.21. The predicted molar refractivity (Wildman–Crippen MR) is 71.7 cm³/mol. The highest BCUT2D eigenvalue weighted by Crippen LogP contribution is 2.19. The van der Waals surface area contributed by atoms with Gasteiger partial charge in [-0.1, -0.05) is 24.6 Å². The number of hydrogen-bond donors (Lipinski definition) is 0. The molecule has 1 aromatic rings. The summed E-state index contributed by atoms with van der Waals surface area (Å²) in [5, 5.41) is 0.195. The Morgan fingerprint density at radius 2 is 1.85 bits per heavy atom. The zero-order valence-corrected chi connectivity index (χ0v) is 11.9. The molecule has 1 aromatic carbocycles. The molecule has 0 aromatic heterocycles. The molecule has 0 N–H and O–H groups in total. The third-order valence-corrected chi connectivity index (χ3v) is 2.79. The zero-order chi connectivity index (χ0) is 15.0. The Morgan fingerprint density at radius 1 is 1.20 bits per heavy atom. The SMILES string of the molecule is CCCOC(=O)CCC(=O)OCc1c(F)cccc1Cl. The second-order valence-corrected chi connectivity index (χ2v) is 4.49. The van der Waals surface area contributed by atoms with E-state index in [1.165, 1.54) is 18.2 Å². The molecule has 0 spiro atoms. The molecule has 0 atom stereocenters. The molecule has 110 valence electrons. The smallest absolute Gasteiger partial charge is 0.306 e. The summed E-state index contributed by atoms with van der Waals surface area (Å²) in [6.07, 6.45) is 0.570. The number of esters is 2. The van der Waals surface area contributed by atoms with Crippen LogP contribution in [0.4, 0.5) is 4.39 Å². The van der Waals surface area contributed by atoms with E-state index in [4.69, 9.17) is 21.1 Å². The van der Waals surface area contributed by atoms with Crippen LogP contribution in [0.15, 0.2) is 18.2 Å². The fourth-order valence-electron chi connectivity index (χ4n) is 1.39. The van der Waals surface area contributed by atoms with Crippen LogP contribution < -0.4 is 0 Å². The minimum Gasteiger partial charge on any atom is -0.466 e. The van der Waals surface area contributed by atoms with Gasteiger partial charge in [-0.05, 0) is 18.6 Å². The Balaban J connectivity index is 2.35. The first-order chi connectivity index (χ1) is 9.54. The van der Waals surface area contributed by atoms with Gasteiger partial charge in [-0.3, -0.25) is 9.59 Å². The van der Waals surface area contributed by atoms with Crippen molar-refractivity contribution in [3.05, 3.63) is 34.6 Å². The van der Waals surface area contributed by atoms with Crippen LogP contribution in [0.2, 0.25) is 5.02 Å². The first-order valence-corrected chi connectivity index (χ1v) is 6.66. The van der Waals surface area contributed by atoms with Gasteiger partial charge in [-0.15, -0.1) is 0 Å². The molecule has 0 aliphatic rings. The molecular weight excluding hydrogens is 287 g/mol. The van der Waals surface area contributed by atoms with Crippen molar-refractivity contribution in [1.29, 1.82) is 0 Å². The number of carbonyl (C=O) groups is 2. The molecule has 0 aliphatic carbocycles. The van der Waals surface area contributed by atoms with Crippen LogP contribution >= 0.6 is 11.6 Å². The molecule has 0 unspecified atom stereocenters. The summed E-state index contributed by atoms with van der Waals surface area (Å²) in [5.41, 5.74) is 0.121. The van der Waals surface area contributed by atoms with Crippen LogP contribution in [0.5, 0.6) is 0 Å². The second-order valence-electron chi connectivity index (χ2n) is 4.08. The Morgan fingerprint density at radius 3 is 2.45 bits per heavy atom. The van der Waals surface area contributed by atoms with E-state index in [0.717, 1.165) is 6.42 Å². The highest BCUT2D eigenvalue weighted by Gasteiger charge is 2.12. The second kappa shape index (κ2) is 8.53. The van der Waals surface area contributed by atoms with E-state index in [1.807, 2.05) is 6.92 Å². The van der Waals surface area contributed by atoms with E-state index in [9.17, 15) is 14.0 Å². The van der Waals surface area contributed by atoms with Crippen LogP contribution in [-0.2, 0) is 25.7 Å². The number of hydrogen-bond acceptors (Lipinski definition) is 4. The minimum absolute atomic E-state index is 0.0517. The van der Waals surface area contributed by atoms with Crippen LogP contribution in [0.3, 0.4) is 0 Å². The van der Waals surface area contributed by atoms with Gasteiger partial charge < -0.3 is 9.47 Å². The van der Waals surface area contributed by atoms with Crippen molar-refractivity contribution in [2.24, 2.45) is 0 Å². The molecule has 1 rings (SSSR count). The molecule has 0 bridgehead atoms. The van der Waals surface area contributed by atoms with E-state index in [0.29, 0.717) is 6.61 Å². The van der Waals surface area contributed by atoms with Crippen molar-refractivity contribution in [2.45, 2.75) is 32.8 Å². The molecule has 0 radical (unpaired) electrons. The van der Waals surface area contributed by atoms with Crippen LogP contribution in [0.1, 0.15) is 31.7 Å². The Bertz CT molecular complexity index is 456. The highest BCUT2D eigenvalue weighted by atomic mass is 35.5. The summed E-state index contributed by atoms with van der Waals surface area (Å²) in [5.74, 6) is -1.59. The van der Waals surface area contributed by atoms with E-state index in [2.05, 4.69) is 0 Å². The number of ether oxygens (including phenoxy) is 2. The Kier molecular flexibility index (Phi) is 7.01. The molecule has 20 heavy (non-hydrogen) atoms. The molecule has 6 heteroatoms. The van der Waals surface area contributed by atoms with Gasteiger partial charge in [0.05, 0.1) is 24.5 Å². The number of halogens is 2. The summed E-state index contributed by atoms with van der Waals surface area (Å²) in [4.78, 5) is 22.6. The molecule has 0 amide bonds. The topological polar surface area (TPSA) is 52.6 Å². The average molecular weight is 303 g/mol. The normalized spacial score (nSPS) is 10.2. The average Bonchev–Trinajstić information content (AvgIpc) is 2.42. The summed E-state index contributed by atoms with van der Waals surface area (Å²) in [6.45, 7) is 1.95. The van der Waals surface area contributed by atoms with Gasteiger partial charge in [-0.25, -0.2) is 4.39 Å². The standard InChI is InChI=1S/C14H16ClFO4/c1-2-8-19-13(17)6-7-14(18)20-9-10-11(15)4-3-5-12(10)16/h3-5H,2,6-9H2,1H3. The quantitative estimate of drug-likeness (QED) is 0.726. The first-order valence-electron chi connectivity index (χ1n) is 6.28. The summed E-state index contributed by atoms with van der Waals surface area (Å²) >= 11 is 5.79. The number of rotatable bonds is 7. The molecule has 0 saturated heterocycles. The molecule has 0 heterocycles. The van der Waals surface area contributed by atoms with Crippen molar-refractivity contribution in [3.8, 4) is 0 Å². The van der Waals surface area contributed by atoms with Gasteiger partial charge in [0.1, 0.15) is 12.4 Å². The lowest BCUT2D eigenvalue weighted by Gasteiger charge is -2.07. The van der Waals surface area contributed by atoms with Crippen molar-refractivity contribution in [3.63, 3.8) is 0 Å². The molecule has 0 saturated carbocycles. The van der Waals surface area contributed by atoms with Gasteiger partial charge in [-0.2, -0.15) is 0 Å². The summed E-state index contributed by atoms with van der Waals surface area (Å²) < 4.78 is 23.1. The van der Waals surface area contributed by atoms with Crippen molar-refractivity contribution in [2.75, 3.05) is 6.61 Å². The van der Waals surface area contributed by atoms with Crippen molar-refractivity contribution >= 4 is 23.5 Å². The lowest BCUT2D eigenvalue weighted by molar-refractivity contribution is -0.151. The minimum atomic E-state index is -0.599. The fraction of sp³-hybridized carbons (Fsp3) is 0.429. The van der Waals surface area contributed by atoms with Crippen molar-refractivity contribution in [1.82, 2.24) is 0 Å². The van der Waals surface area contributed by atoms with Crippen LogP contribution in [0.25, 0.3) is 0 Å². The van der Waals surface area contributed by atoms with Gasteiger partial charge in [0.2, 0.25) is 0 Å². The van der Waals surface area contributed by atoms with Crippen LogP contribution in [0, 0.1) is 5.82 Å².